The first-order valence-corrected chi connectivity index (χ1v) is 9.32. The van der Waals surface area contributed by atoms with Crippen LogP contribution in [-0.2, 0) is 10.0 Å². The first-order valence-electron chi connectivity index (χ1n) is 7.46. The summed E-state index contributed by atoms with van der Waals surface area (Å²) in [6, 6.07) is 11.3. The molecule has 0 heterocycles. The Hall–Kier alpha value is -1.76. The van der Waals surface area contributed by atoms with Crippen LogP contribution >= 0.6 is 11.6 Å². The molecule has 2 aromatic carbocycles. The molecular weight excluding hydrogens is 350 g/mol. The molecule has 0 aliphatic carbocycles. The molecule has 2 aromatic rings. The third kappa shape index (κ3) is 4.20. The number of benzene rings is 2. The molecule has 0 radical (unpaired) electrons. The van der Waals surface area contributed by atoms with Crippen molar-refractivity contribution in [1.29, 1.82) is 0 Å². The maximum Gasteiger partial charge on any atom is 0.244 e. The van der Waals surface area contributed by atoms with E-state index in [2.05, 4.69) is 4.72 Å². The molecular formula is C17H20ClNO4S. The summed E-state index contributed by atoms with van der Waals surface area (Å²) in [7, 11) is -2.28. The molecule has 1 N–H and O–H groups in total. The molecule has 0 amide bonds. The summed E-state index contributed by atoms with van der Waals surface area (Å²) in [4.78, 5) is 0.0126. The van der Waals surface area contributed by atoms with Crippen molar-refractivity contribution in [3.63, 3.8) is 0 Å². The highest BCUT2D eigenvalue weighted by Crippen LogP contribution is 2.30. The monoisotopic (exact) mass is 369 g/mol. The number of hydrogen-bond acceptors (Lipinski definition) is 4. The Labute approximate surface area is 147 Å². The van der Waals surface area contributed by atoms with Gasteiger partial charge in [-0.25, -0.2) is 13.1 Å². The zero-order chi connectivity index (χ0) is 17.7. The Morgan fingerprint density at radius 1 is 1.17 bits per heavy atom. The fourth-order valence-electron chi connectivity index (χ4n) is 2.35. The zero-order valence-corrected chi connectivity index (χ0v) is 15.3. The zero-order valence-electron chi connectivity index (χ0n) is 13.7. The van der Waals surface area contributed by atoms with Crippen molar-refractivity contribution in [2.24, 2.45) is 0 Å². The number of halogens is 1. The van der Waals surface area contributed by atoms with E-state index in [9.17, 15) is 8.42 Å². The second-order valence-corrected chi connectivity index (χ2v) is 7.23. The third-order valence-corrected chi connectivity index (χ3v) is 5.23. The molecule has 0 aliphatic rings. The van der Waals surface area contributed by atoms with Crippen LogP contribution in [0.25, 0.3) is 0 Å². The van der Waals surface area contributed by atoms with Crippen LogP contribution in [0.3, 0.4) is 0 Å². The predicted molar refractivity (Wildman–Crippen MR) is 94.4 cm³/mol. The lowest BCUT2D eigenvalue weighted by atomic mass is 10.1. The minimum Gasteiger partial charge on any atom is -0.496 e. The van der Waals surface area contributed by atoms with Gasteiger partial charge in [0.1, 0.15) is 16.4 Å². The lowest BCUT2D eigenvalue weighted by Crippen LogP contribution is -2.27. The van der Waals surface area contributed by atoms with Crippen molar-refractivity contribution in [2.45, 2.75) is 24.8 Å². The Kier molecular flexibility index (Phi) is 6.10. The van der Waals surface area contributed by atoms with Gasteiger partial charge < -0.3 is 9.47 Å². The SMILES string of the molecule is CCOc1ccc(Cl)cc1S(=O)(=O)N[C@@H](C)c1ccccc1OC. The molecule has 0 aromatic heterocycles. The highest BCUT2D eigenvalue weighted by molar-refractivity contribution is 7.89. The summed E-state index contributed by atoms with van der Waals surface area (Å²) in [6.07, 6.45) is 0. The summed E-state index contributed by atoms with van der Waals surface area (Å²) in [5, 5.41) is 0.323. The van der Waals surface area contributed by atoms with Crippen molar-refractivity contribution < 1.29 is 17.9 Å². The normalized spacial score (nSPS) is 12.7. The molecule has 0 unspecified atom stereocenters. The minimum absolute atomic E-state index is 0.0126. The smallest absolute Gasteiger partial charge is 0.244 e. The average Bonchev–Trinajstić information content (AvgIpc) is 2.56. The first-order chi connectivity index (χ1) is 11.4. The number of methoxy groups -OCH3 is 1. The van der Waals surface area contributed by atoms with Crippen molar-refractivity contribution in [3.05, 3.63) is 53.1 Å². The highest BCUT2D eigenvalue weighted by atomic mass is 35.5. The van der Waals surface area contributed by atoms with E-state index < -0.39 is 16.1 Å². The molecule has 24 heavy (non-hydrogen) atoms. The van der Waals surface area contributed by atoms with E-state index in [1.807, 2.05) is 18.2 Å². The van der Waals surface area contributed by atoms with E-state index >= 15 is 0 Å². The van der Waals surface area contributed by atoms with Gasteiger partial charge in [0.2, 0.25) is 10.0 Å². The number of para-hydroxylation sites is 1. The maximum absolute atomic E-state index is 12.8. The van der Waals surface area contributed by atoms with Gasteiger partial charge in [-0.1, -0.05) is 29.8 Å². The quantitative estimate of drug-likeness (QED) is 0.806. The lowest BCUT2D eigenvalue weighted by Gasteiger charge is -2.18. The number of sulfonamides is 1. The van der Waals surface area contributed by atoms with Crippen LogP contribution in [0, 0.1) is 0 Å². The molecule has 130 valence electrons. The standard InChI is InChI=1S/C17H20ClNO4S/c1-4-23-16-10-9-13(18)11-17(16)24(20,21)19-12(2)14-7-5-6-8-15(14)22-3/h5-12,19H,4H2,1-3H3/t12-/m0/s1. The molecule has 0 bridgehead atoms. The Morgan fingerprint density at radius 2 is 1.88 bits per heavy atom. The van der Waals surface area contributed by atoms with Crippen molar-refractivity contribution in [3.8, 4) is 11.5 Å². The van der Waals surface area contributed by atoms with Gasteiger partial charge in [0.25, 0.3) is 0 Å². The van der Waals surface area contributed by atoms with Crippen LogP contribution in [0.5, 0.6) is 11.5 Å². The van der Waals surface area contributed by atoms with Gasteiger partial charge in [-0.15, -0.1) is 0 Å². The van der Waals surface area contributed by atoms with Crippen LogP contribution in [0.1, 0.15) is 25.5 Å². The van der Waals surface area contributed by atoms with Gasteiger partial charge in [0, 0.05) is 16.6 Å². The van der Waals surface area contributed by atoms with Crippen LogP contribution in [0.4, 0.5) is 0 Å². The molecule has 2 rings (SSSR count). The summed E-state index contributed by atoms with van der Waals surface area (Å²) in [5.74, 6) is 0.880. The second kappa shape index (κ2) is 7.88. The van der Waals surface area contributed by atoms with Crippen LogP contribution in [0.2, 0.25) is 5.02 Å². The van der Waals surface area contributed by atoms with E-state index in [0.717, 1.165) is 5.56 Å². The Bertz CT molecular complexity index is 808. The summed E-state index contributed by atoms with van der Waals surface area (Å²) in [6.45, 7) is 3.89. The first kappa shape index (κ1) is 18.6. The molecule has 0 saturated heterocycles. The molecule has 5 nitrogen and oxygen atoms in total. The predicted octanol–water partition coefficient (Wildman–Crippen LogP) is 3.79. The molecule has 0 spiro atoms. The van der Waals surface area contributed by atoms with E-state index in [1.54, 1.807) is 39.2 Å². The molecule has 0 aliphatic heterocycles. The number of rotatable bonds is 7. The summed E-state index contributed by atoms with van der Waals surface area (Å²) in [5.41, 5.74) is 0.739. The van der Waals surface area contributed by atoms with Gasteiger partial charge >= 0.3 is 0 Å². The van der Waals surface area contributed by atoms with E-state index in [1.165, 1.54) is 6.07 Å². The summed E-state index contributed by atoms with van der Waals surface area (Å²) < 4.78 is 38.9. The topological polar surface area (TPSA) is 64.6 Å². The fraction of sp³-hybridized carbons (Fsp3) is 0.294. The van der Waals surface area contributed by atoms with Gasteiger partial charge in [0.05, 0.1) is 13.7 Å². The average molecular weight is 370 g/mol. The molecule has 0 saturated carbocycles. The third-order valence-electron chi connectivity index (χ3n) is 3.43. The molecule has 1 atom stereocenters. The van der Waals surface area contributed by atoms with Crippen molar-refractivity contribution >= 4 is 21.6 Å². The van der Waals surface area contributed by atoms with Crippen molar-refractivity contribution in [2.75, 3.05) is 13.7 Å². The molecule has 0 fully saturated rings. The van der Waals surface area contributed by atoms with Gasteiger partial charge in [-0.05, 0) is 38.1 Å². The lowest BCUT2D eigenvalue weighted by molar-refractivity contribution is 0.331. The fourth-order valence-corrected chi connectivity index (χ4v) is 3.98. The number of ether oxygens (including phenoxy) is 2. The maximum atomic E-state index is 12.8. The van der Waals surface area contributed by atoms with Crippen LogP contribution in [-0.4, -0.2) is 22.1 Å². The highest BCUT2D eigenvalue weighted by Gasteiger charge is 2.24. The largest absolute Gasteiger partial charge is 0.496 e. The summed E-state index contributed by atoms with van der Waals surface area (Å²) >= 11 is 5.96. The van der Waals surface area contributed by atoms with E-state index in [-0.39, 0.29) is 10.6 Å². The molecule has 7 heteroatoms. The Morgan fingerprint density at radius 3 is 2.54 bits per heavy atom. The van der Waals surface area contributed by atoms with E-state index in [4.69, 9.17) is 21.1 Å². The Balaban J connectivity index is 2.36. The van der Waals surface area contributed by atoms with Gasteiger partial charge in [-0.2, -0.15) is 0 Å². The van der Waals surface area contributed by atoms with Crippen LogP contribution < -0.4 is 14.2 Å². The van der Waals surface area contributed by atoms with Gasteiger partial charge in [-0.3, -0.25) is 0 Å². The minimum atomic E-state index is -3.82. The number of nitrogens with one attached hydrogen (secondary N) is 1. The number of hydrogen-bond donors (Lipinski definition) is 1. The van der Waals surface area contributed by atoms with Crippen LogP contribution in [0.15, 0.2) is 47.4 Å². The second-order valence-electron chi connectivity index (χ2n) is 5.11. The van der Waals surface area contributed by atoms with Crippen molar-refractivity contribution in [1.82, 2.24) is 4.72 Å². The van der Waals surface area contributed by atoms with E-state index in [0.29, 0.717) is 17.4 Å². The van der Waals surface area contributed by atoms with Gasteiger partial charge in [0.15, 0.2) is 0 Å².